The maximum Gasteiger partial charge on any atom is 0.255 e. The molecule has 3 aromatic heterocycles. The first-order valence-corrected chi connectivity index (χ1v) is 11.3. The van der Waals surface area contributed by atoms with Crippen LogP contribution in [0.15, 0.2) is 48.8 Å². The fourth-order valence-electron chi connectivity index (χ4n) is 3.48. The van der Waals surface area contributed by atoms with Crippen LogP contribution in [-0.2, 0) is 13.1 Å². The molecule has 0 spiro atoms. The monoisotopic (exact) mass is 470 g/mol. The van der Waals surface area contributed by atoms with Gasteiger partial charge in [0.1, 0.15) is 11.5 Å². The van der Waals surface area contributed by atoms with Gasteiger partial charge in [-0.25, -0.2) is 9.67 Å². The molecule has 4 rings (SSSR count). The fourth-order valence-corrected chi connectivity index (χ4v) is 4.59. The van der Waals surface area contributed by atoms with Gasteiger partial charge in [-0.05, 0) is 37.3 Å². The number of pyridine rings is 1. The van der Waals surface area contributed by atoms with E-state index in [0.717, 1.165) is 21.6 Å². The molecule has 0 saturated heterocycles. The highest BCUT2D eigenvalue weighted by atomic mass is 35.5. The number of halogens is 1. The van der Waals surface area contributed by atoms with Gasteiger partial charge in [0.05, 0.1) is 43.4 Å². The third-order valence-corrected chi connectivity index (χ3v) is 6.40. The first-order chi connectivity index (χ1) is 15.5. The van der Waals surface area contributed by atoms with Gasteiger partial charge in [0.25, 0.3) is 5.91 Å². The second kappa shape index (κ2) is 9.58. The van der Waals surface area contributed by atoms with Gasteiger partial charge < -0.3 is 14.4 Å². The molecule has 0 aliphatic rings. The Morgan fingerprint density at radius 3 is 2.69 bits per heavy atom. The van der Waals surface area contributed by atoms with Crippen LogP contribution in [0.3, 0.4) is 0 Å². The number of nitrogens with zero attached hydrogens (tertiary/aromatic N) is 4. The zero-order chi connectivity index (χ0) is 22.7. The Kier molecular flexibility index (Phi) is 6.62. The van der Waals surface area contributed by atoms with Gasteiger partial charge in [0.2, 0.25) is 0 Å². The first-order valence-electron chi connectivity index (χ1n) is 10.1. The molecule has 0 fully saturated rings. The molecule has 0 aliphatic heterocycles. The topological polar surface area (TPSA) is 69.5 Å². The molecule has 0 radical (unpaired) electrons. The SMILES string of the molecule is CCN(Cc1ccc(Cl)s1)C(=O)c1cnc2c(cnn2Cc2ccc(OC)cc2OC)c1. The highest BCUT2D eigenvalue weighted by Gasteiger charge is 2.18. The van der Waals surface area contributed by atoms with Crippen molar-refractivity contribution in [3.63, 3.8) is 0 Å². The number of fused-ring (bicyclic) bond motifs is 1. The van der Waals surface area contributed by atoms with Crippen molar-refractivity contribution in [2.45, 2.75) is 20.0 Å². The third-order valence-electron chi connectivity index (χ3n) is 5.18. The summed E-state index contributed by atoms with van der Waals surface area (Å²) in [5, 5.41) is 5.28. The summed E-state index contributed by atoms with van der Waals surface area (Å²) in [6.07, 6.45) is 3.34. The number of hydrogen-bond donors (Lipinski definition) is 0. The van der Waals surface area contributed by atoms with E-state index in [9.17, 15) is 4.79 Å². The van der Waals surface area contributed by atoms with Gasteiger partial charge in [-0.2, -0.15) is 5.10 Å². The minimum atomic E-state index is -0.0732. The molecule has 0 saturated carbocycles. The van der Waals surface area contributed by atoms with Crippen LogP contribution >= 0.6 is 22.9 Å². The number of benzene rings is 1. The molecular weight excluding hydrogens is 448 g/mol. The van der Waals surface area contributed by atoms with Gasteiger partial charge in [-0.1, -0.05) is 11.6 Å². The summed E-state index contributed by atoms with van der Waals surface area (Å²) in [5.74, 6) is 1.37. The van der Waals surface area contributed by atoms with Crippen LogP contribution in [-0.4, -0.2) is 46.3 Å². The molecule has 7 nitrogen and oxygen atoms in total. The summed E-state index contributed by atoms with van der Waals surface area (Å²) in [4.78, 5) is 20.4. The molecule has 3 heterocycles. The Labute approximate surface area is 195 Å². The summed E-state index contributed by atoms with van der Waals surface area (Å²) < 4.78 is 13.3. The second-order valence-corrected chi connectivity index (χ2v) is 8.94. The van der Waals surface area contributed by atoms with Gasteiger partial charge in [-0.3, -0.25) is 4.79 Å². The van der Waals surface area contributed by atoms with Gasteiger partial charge in [-0.15, -0.1) is 11.3 Å². The Morgan fingerprint density at radius 1 is 1.16 bits per heavy atom. The van der Waals surface area contributed by atoms with Crippen LogP contribution in [0.5, 0.6) is 11.5 Å². The predicted octanol–water partition coefficient (Wildman–Crippen LogP) is 4.87. The number of hydrogen-bond acceptors (Lipinski definition) is 6. The van der Waals surface area contributed by atoms with Crippen LogP contribution < -0.4 is 9.47 Å². The van der Waals surface area contributed by atoms with E-state index in [1.165, 1.54) is 11.3 Å². The summed E-state index contributed by atoms with van der Waals surface area (Å²) in [6, 6.07) is 11.3. The van der Waals surface area contributed by atoms with Gasteiger partial charge in [0.15, 0.2) is 5.65 Å². The molecule has 0 atom stereocenters. The molecule has 0 N–H and O–H groups in total. The zero-order valence-electron chi connectivity index (χ0n) is 18.0. The number of carbonyl (C=O) groups excluding carboxylic acids is 1. The maximum absolute atomic E-state index is 13.1. The molecule has 0 bridgehead atoms. The van der Waals surface area contributed by atoms with E-state index >= 15 is 0 Å². The molecular formula is C23H23ClN4O3S. The lowest BCUT2D eigenvalue weighted by atomic mass is 10.2. The molecule has 0 unspecified atom stereocenters. The standard InChI is InChI=1S/C23H23ClN4O3S/c1-4-27(14-19-7-8-21(24)32-19)23(29)17-9-16-12-26-28(22(16)25-11-17)13-15-5-6-18(30-2)10-20(15)31-3/h5-12H,4,13-14H2,1-3H3. The van der Waals surface area contributed by atoms with Crippen LogP contribution in [0.4, 0.5) is 0 Å². The second-order valence-electron chi connectivity index (χ2n) is 7.14. The highest BCUT2D eigenvalue weighted by molar-refractivity contribution is 7.16. The van der Waals surface area contributed by atoms with Crippen molar-refractivity contribution in [1.29, 1.82) is 0 Å². The Morgan fingerprint density at radius 2 is 2.00 bits per heavy atom. The zero-order valence-corrected chi connectivity index (χ0v) is 19.6. The number of aromatic nitrogens is 3. The molecule has 9 heteroatoms. The number of thiophene rings is 1. The Bertz CT molecular complexity index is 1250. The molecule has 4 aromatic rings. The van der Waals surface area contributed by atoms with Crippen LogP contribution in [0.25, 0.3) is 11.0 Å². The van der Waals surface area contributed by atoms with Crippen molar-refractivity contribution in [3.05, 3.63) is 69.1 Å². The van der Waals surface area contributed by atoms with Crippen molar-refractivity contribution in [2.75, 3.05) is 20.8 Å². The molecule has 1 aromatic carbocycles. The average molecular weight is 471 g/mol. The normalized spacial score (nSPS) is 11.0. The smallest absolute Gasteiger partial charge is 0.255 e. The number of amides is 1. The van der Waals surface area contributed by atoms with Crippen LogP contribution in [0.2, 0.25) is 4.34 Å². The van der Waals surface area contributed by atoms with Gasteiger partial charge >= 0.3 is 0 Å². The first kappa shape index (κ1) is 22.1. The minimum absolute atomic E-state index is 0.0732. The fraction of sp³-hybridized carbons (Fsp3) is 0.261. The Hall–Kier alpha value is -3.10. The van der Waals surface area contributed by atoms with E-state index in [2.05, 4.69) is 10.1 Å². The lowest BCUT2D eigenvalue weighted by molar-refractivity contribution is 0.0754. The maximum atomic E-state index is 13.1. The molecule has 1 amide bonds. The average Bonchev–Trinajstić information content (AvgIpc) is 3.42. The molecule has 166 valence electrons. The Balaban J connectivity index is 1.56. The van der Waals surface area contributed by atoms with Crippen molar-refractivity contribution in [1.82, 2.24) is 19.7 Å². The van der Waals surface area contributed by atoms with Crippen molar-refractivity contribution < 1.29 is 14.3 Å². The third kappa shape index (κ3) is 4.56. The summed E-state index contributed by atoms with van der Waals surface area (Å²) in [5.41, 5.74) is 2.18. The number of rotatable bonds is 8. The summed E-state index contributed by atoms with van der Waals surface area (Å²) in [7, 11) is 3.24. The van der Waals surface area contributed by atoms with Crippen molar-refractivity contribution >= 4 is 39.9 Å². The van der Waals surface area contributed by atoms with E-state index in [1.807, 2.05) is 43.3 Å². The minimum Gasteiger partial charge on any atom is -0.497 e. The van der Waals surface area contributed by atoms with E-state index in [0.29, 0.717) is 40.9 Å². The quantitative estimate of drug-likeness (QED) is 0.367. The summed E-state index contributed by atoms with van der Waals surface area (Å²) in [6.45, 7) is 3.54. The van der Waals surface area contributed by atoms with E-state index in [1.54, 1.807) is 36.2 Å². The lowest BCUT2D eigenvalue weighted by Crippen LogP contribution is -2.30. The molecule has 32 heavy (non-hydrogen) atoms. The number of ether oxygens (including phenoxy) is 2. The highest BCUT2D eigenvalue weighted by Crippen LogP contribution is 2.27. The van der Waals surface area contributed by atoms with Crippen LogP contribution in [0.1, 0.15) is 27.7 Å². The number of methoxy groups -OCH3 is 2. The van der Waals surface area contributed by atoms with Gasteiger partial charge in [0, 0.05) is 34.6 Å². The van der Waals surface area contributed by atoms with E-state index < -0.39 is 0 Å². The van der Waals surface area contributed by atoms with E-state index in [4.69, 9.17) is 21.1 Å². The van der Waals surface area contributed by atoms with Crippen molar-refractivity contribution in [3.8, 4) is 11.5 Å². The van der Waals surface area contributed by atoms with E-state index in [-0.39, 0.29) is 5.91 Å². The predicted molar refractivity (Wildman–Crippen MR) is 126 cm³/mol. The summed E-state index contributed by atoms with van der Waals surface area (Å²) >= 11 is 7.51. The number of carbonyl (C=O) groups is 1. The molecule has 0 aliphatic carbocycles. The largest absolute Gasteiger partial charge is 0.497 e. The van der Waals surface area contributed by atoms with Crippen molar-refractivity contribution in [2.24, 2.45) is 0 Å². The lowest BCUT2D eigenvalue weighted by Gasteiger charge is -2.20. The van der Waals surface area contributed by atoms with Crippen LogP contribution in [0, 0.1) is 0 Å².